The predicted octanol–water partition coefficient (Wildman–Crippen LogP) is 1.81. The Balaban J connectivity index is 1.95. The van der Waals surface area contributed by atoms with Gasteiger partial charge in [0, 0.05) is 18.3 Å². The van der Waals surface area contributed by atoms with E-state index >= 15 is 0 Å². The summed E-state index contributed by atoms with van der Waals surface area (Å²) in [6.45, 7) is 2.07. The van der Waals surface area contributed by atoms with E-state index in [0.29, 0.717) is 11.4 Å². The van der Waals surface area contributed by atoms with Crippen molar-refractivity contribution in [3.63, 3.8) is 0 Å². The molecule has 7 nitrogen and oxygen atoms in total. The highest BCUT2D eigenvalue weighted by atomic mass is 16.5. The number of aliphatic hydroxyl groups excluding tert-OH is 1. The standard InChI is InChI=1S/C20H24N2O5/c1-14-6-8-15(9-7-14)18(27-11-10-23)13-21-19(24)20(25)22-16-4-3-5-17(12-16)26-2/h3-9,12,18,23H,10-11,13H2,1-2H3,(H,21,24)(H,22,25)/t18-/m1/s1. The Kier molecular flexibility index (Phi) is 7.79. The summed E-state index contributed by atoms with van der Waals surface area (Å²) in [4.78, 5) is 24.2. The Hall–Kier alpha value is -2.90. The number of carbonyl (C=O) groups excluding carboxylic acids is 2. The maximum Gasteiger partial charge on any atom is 0.313 e. The van der Waals surface area contributed by atoms with Crippen molar-refractivity contribution in [3.05, 3.63) is 59.7 Å². The molecule has 0 bridgehead atoms. The molecule has 2 amide bonds. The zero-order valence-electron chi connectivity index (χ0n) is 15.4. The zero-order valence-corrected chi connectivity index (χ0v) is 15.4. The molecular weight excluding hydrogens is 348 g/mol. The van der Waals surface area contributed by atoms with Gasteiger partial charge >= 0.3 is 11.8 Å². The molecule has 0 aliphatic carbocycles. The van der Waals surface area contributed by atoms with Gasteiger partial charge in [0.15, 0.2) is 0 Å². The summed E-state index contributed by atoms with van der Waals surface area (Å²) < 4.78 is 10.7. The molecule has 3 N–H and O–H groups in total. The predicted molar refractivity (Wildman–Crippen MR) is 102 cm³/mol. The second kappa shape index (κ2) is 10.3. The number of carbonyl (C=O) groups is 2. The van der Waals surface area contributed by atoms with Crippen molar-refractivity contribution in [1.82, 2.24) is 5.32 Å². The second-order valence-corrected chi connectivity index (χ2v) is 5.89. The first-order valence-corrected chi connectivity index (χ1v) is 8.55. The molecule has 0 radical (unpaired) electrons. The van der Waals surface area contributed by atoms with Crippen molar-refractivity contribution < 1.29 is 24.2 Å². The Morgan fingerprint density at radius 3 is 2.52 bits per heavy atom. The second-order valence-electron chi connectivity index (χ2n) is 5.89. The third-order valence-corrected chi connectivity index (χ3v) is 3.84. The van der Waals surface area contributed by atoms with Gasteiger partial charge in [0.25, 0.3) is 0 Å². The van der Waals surface area contributed by atoms with Gasteiger partial charge in [0.1, 0.15) is 5.75 Å². The normalized spacial score (nSPS) is 11.5. The molecule has 1 atom stereocenters. The molecule has 2 aromatic carbocycles. The zero-order chi connectivity index (χ0) is 19.6. The van der Waals surface area contributed by atoms with Crippen LogP contribution >= 0.6 is 0 Å². The molecule has 0 aliphatic rings. The van der Waals surface area contributed by atoms with E-state index in [9.17, 15) is 9.59 Å². The molecule has 2 aromatic rings. The van der Waals surface area contributed by atoms with Crippen molar-refractivity contribution >= 4 is 17.5 Å². The number of aliphatic hydroxyl groups is 1. The lowest BCUT2D eigenvalue weighted by Gasteiger charge is -2.18. The summed E-state index contributed by atoms with van der Waals surface area (Å²) in [6.07, 6.45) is -0.466. The van der Waals surface area contributed by atoms with Crippen LogP contribution in [0, 0.1) is 6.92 Å². The van der Waals surface area contributed by atoms with Gasteiger partial charge in [0.05, 0.1) is 26.4 Å². The fourth-order valence-electron chi connectivity index (χ4n) is 2.40. The highest BCUT2D eigenvalue weighted by Gasteiger charge is 2.18. The van der Waals surface area contributed by atoms with E-state index in [0.717, 1.165) is 11.1 Å². The average molecular weight is 372 g/mol. The van der Waals surface area contributed by atoms with E-state index in [2.05, 4.69) is 10.6 Å². The molecule has 0 saturated carbocycles. The van der Waals surface area contributed by atoms with Crippen molar-refractivity contribution in [2.75, 3.05) is 32.2 Å². The van der Waals surface area contributed by atoms with Crippen LogP contribution in [-0.4, -0.2) is 43.8 Å². The molecule has 144 valence electrons. The number of nitrogens with one attached hydrogen (secondary N) is 2. The number of anilines is 1. The topological polar surface area (TPSA) is 96.9 Å². The van der Waals surface area contributed by atoms with Crippen molar-refractivity contribution in [2.45, 2.75) is 13.0 Å². The summed E-state index contributed by atoms with van der Waals surface area (Å²) in [7, 11) is 1.52. The van der Waals surface area contributed by atoms with Crippen LogP contribution in [0.2, 0.25) is 0 Å². The van der Waals surface area contributed by atoms with E-state index in [1.54, 1.807) is 24.3 Å². The van der Waals surface area contributed by atoms with Crippen LogP contribution in [0.4, 0.5) is 5.69 Å². The third-order valence-electron chi connectivity index (χ3n) is 3.84. The number of aryl methyl sites for hydroxylation is 1. The lowest BCUT2D eigenvalue weighted by atomic mass is 10.1. The molecule has 27 heavy (non-hydrogen) atoms. The number of methoxy groups -OCH3 is 1. The van der Waals surface area contributed by atoms with Crippen LogP contribution in [0.3, 0.4) is 0 Å². The Labute approximate surface area is 158 Å². The third kappa shape index (κ3) is 6.40. The molecule has 0 aromatic heterocycles. The van der Waals surface area contributed by atoms with Crippen molar-refractivity contribution in [2.24, 2.45) is 0 Å². The van der Waals surface area contributed by atoms with Gasteiger partial charge in [-0.2, -0.15) is 0 Å². The minimum Gasteiger partial charge on any atom is -0.497 e. The molecule has 7 heteroatoms. The minimum absolute atomic E-state index is 0.105. The Morgan fingerprint density at radius 1 is 1.11 bits per heavy atom. The highest BCUT2D eigenvalue weighted by molar-refractivity contribution is 6.39. The monoisotopic (exact) mass is 372 g/mol. The van der Waals surface area contributed by atoms with Crippen LogP contribution in [0.5, 0.6) is 5.75 Å². The van der Waals surface area contributed by atoms with Crippen LogP contribution in [0.15, 0.2) is 48.5 Å². The maximum atomic E-state index is 12.1. The van der Waals surface area contributed by atoms with Gasteiger partial charge in [-0.15, -0.1) is 0 Å². The van der Waals surface area contributed by atoms with Gasteiger partial charge in [-0.05, 0) is 24.6 Å². The fraction of sp³-hybridized carbons (Fsp3) is 0.300. The number of rotatable bonds is 8. The van der Waals surface area contributed by atoms with Gasteiger partial charge < -0.3 is 25.2 Å². The molecule has 0 fully saturated rings. The first-order valence-electron chi connectivity index (χ1n) is 8.55. The number of hydrogen-bond acceptors (Lipinski definition) is 5. The molecular formula is C20H24N2O5. The first kappa shape index (κ1) is 20.4. The lowest BCUT2D eigenvalue weighted by molar-refractivity contribution is -0.136. The maximum absolute atomic E-state index is 12.1. The van der Waals surface area contributed by atoms with Gasteiger partial charge in [-0.25, -0.2) is 0 Å². The summed E-state index contributed by atoms with van der Waals surface area (Å²) in [5.41, 5.74) is 2.41. The van der Waals surface area contributed by atoms with Crippen LogP contribution in [0.1, 0.15) is 17.2 Å². The lowest BCUT2D eigenvalue weighted by Crippen LogP contribution is -2.38. The number of hydrogen-bond donors (Lipinski definition) is 3. The Bertz CT molecular complexity index is 761. The highest BCUT2D eigenvalue weighted by Crippen LogP contribution is 2.18. The van der Waals surface area contributed by atoms with Gasteiger partial charge in [0.2, 0.25) is 0 Å². The van der Waals surface area contributed by atoms with E-state index in [-0.39, 0.29) is 19.8 Å². The van der Waals surface area contributed by atoms with E-state index in [4.69, 9.17) is 14.6 Å². The molecule has 0 heterocycles. The minimum atomic E-state index is -0.784. The van der Waals surface area contributed by atoms with Crippen molar-refractivity contribution in [1.29, 1.82) is 0 Å². The van der Waals surface area contributed by atoms with E-state index in [1.165, 1.54) is 7.11 Å². The van der Waals surface area contributed by atoms with Crippen molar-refractivity contribution in [3.8, 4) is 5.75 Å². The SMILES string of the molecule is COc1cccc(NC(=O)C(=O)NC[C@@H](OCCO)c2ccc(C)cc2)c1. The van der Waals surface area contributed by atoms with Gasteiger partial charge in [-0.1, -0.05) is 35.9 Å². The average Bonchev–Trinajstić information content (AvgIpc) is 2.68. The smallest absolute Gasteiger partial charge is 0.313 e. The van der Waals surface area contributed by atoms with Crippen LogP contribution in [0.25, 0.3) is 0 Å². The number of amides is 2. The Morgan fingerprint density at radius 2 is 1.85 bits per heavy atom. The number of benzene rings is 2. The molecule has 2 rings (SSSR count). The molecule has 0 unspecified atom stereocenters. The molecule has 0 spiro atoms. The first-order chi connectivity index (χ1) is 13.0. The van der Waals surface area contributed by atoms with Gasteiger partial charge in [-0.3, -0.25) is 9.59 Å². The largest absolute Gasteiger partial charge is 0.497 e. The summed E-state index contributed by atoms with van der Waals surface area (Å²) in [5.74, 6) is -0.986. The van der Waals surface area contributed by atoms with Crippen LogP contribution < -0.4 is 15.4 Å². The summed E-state index contributed by atoms with van der Waals surface area (Å²) in [6, 6.07) is 14.4. The summed E-state index contributed by atoms with van der Waals surface area (Å²) in [5, 5.41) is 14.1. The van der Waals surface area contributed by atoms with Crippen LogP contribution in [-0.2, 0) is 14.3 Å². The molecule has 0 aliphatic heterocycles. The van der Waals surface area contributed by atoms with E-state index < -0.39 is 17.9 Å². The summed E-state index contributed by atoms with van der Waals surface area (Å²) >= 11 is 0. The number of ether oxygens (including phenoxy) is 2. The van der Waals surface area contributed by atoms with E-state index in [1.807, 2.05) is 31.2 Å². The molecule has 0 saturated heterocycles. The fourth-order valence-corrected chi connectivity index (χ4v) is 2.40. The quantitative estimate of drug-likeness (QED) is 0.614.